The summed E-state index contributed by atoms with van der Waals surface area (Å²) in [5.74, 6) is -1.41. The Bertz CT molecular complexity index is 443. The molecule has 3 N–H and O–H groups in total. The molecule has 1 atom stereocenters. The van der Waals surface area contributed by atoms with Crippen LogP contribution in [-0.2, 0) is 9.59 Å². The minimum Gasteiger partial charge on any atom is -0.368 e. The number of hydrogen-bond donors (Lipinski definition) is 2. The highest BCUT2D eigenvalue weighted by Crippen LogP contribution is 2.13. The largest absolute Gasteiger partial charge is 0.368 e. The van der Waals surface area contributed by atoms with Crippen molar-refractivity contribution in [1.29, 1.82) is 0 Å². The number of carbonyl (C=O) groups is 2. The SMILES string of the molecule is C=CCCC(=O)N[C@@H](C(N)=O)c1ccc(F)cc1. The van der Waals surface area contributed by atoms with Crippen LogP contribution in [0, 0.1) is 5.82 Å². The van der Waals surface area contributed by atoms with Crippen LogP contribution in [0.15, 0.2) is 36.9 Å². The lowest BCUT2D eigenvalue weighted by Crippen LogP contribution is -2.37. The molecule has 0 aromatic heterocycles. The Morgan fingerprint density at radius 2 is 2.00 bits per heavy atom. The predicted molar refractivity (Wildman–Crippen MR) is 65.9 cm³/mol. The number of amides is 2. The molecule has 0 fully saturated rings. The van der Waals surface area contributed by atoms with E-state index in [1.54, 1.807) is 6.08 Å². The third-order valence-corrected chi connectivity index (χ3v) is 2.37. The summed E-state index contributed by atoms with van der Waals surface area (Å²) < 4.78 is 12.8. The fraction of sp³-hybridized carbons (Fsp3) is 0.231. The molecule has 0 spiro atoms. The molecular formula is C13H15FN2O2. The van der Waals surface area contributed by atoms with Crippen LogP contribution >= 0.6 is 0 Å². The Morgan fingerprint density at radius 1 is 1.39 bits per heavy atom. The summed E-state index contributed by atoms with van der Waals surface area (Å²) in [5.41, 5.74) is 5.67. The van der Waals surface area contributed by atoms with Gasteiger partial charge in [0.05, 0.1) is 0 Å². The molecule has 96 valence electrons. The molecule has 0 aliphatic heterocycles. The van der Waals surface area contributed by atoms with E-state index in [9.17, 15) is 14.0 Å². The van der Waals surface area contributed by atoms with Crippen molar-refractivity contribution >= 4 is 11.8 Å². The van der Waals surface area contributed by atoms with Gasteiger partial charge in [-0.25, -0.2) is 4.39 Å². The van der Waals surface area contributed by atoms with Gasteiger partial charge in [0, 0.05) is 6.42 Å². The van der Waals surface area contributed by atoms with Crippen LogP contribution in [0.4, 0.5) is 4.39 Å². The van der Waals surface area contributed by atoms with Gasteiger partial charge in [-0.05, 0) is 24.1 Å². The maximum absolute atomic E-state index is 12.8. The predicted octanol–water partition coefficient (Wildman–Crippen LogP) is 1.43. The van der Waals surface area contributed by atoms with E-state index in [4.69, 9.17) is 5.73 Å². The molecule has 1 aromatic rings. The Kier molecular flexibility index (Phi) is 5.05. The number of hydrogen-bond acceptors (Lipinski definition) is 2. The first-order chi connectivity index (χ1) is 8.54. The number of halogens is 1. The molecular weight excluding hydrogens is 235 g/mol. The highest BCUT2D eigenvalue weighted by Gasteiger charge is 2.19. The average Bonchev–Trinajstić information content (AvgIpc) is 2.34. The van der Waals surface area contributed by atoms with Crippen LogP contribution in [-0.4, -0.2) is 11.8 Å². The monoisotopic (exact) mass is 250 g/mol. The van der Waals surface area contributed by atoms with E-state index in [1.165, 1.54) is 24.3 Å². The van der Waals surface area contributed by atoms with Crippen LogP contribution < -0.4 is 11.1 Å². The van der Waals surface area contributed by atoms with Crippen LogP contribution in [0.5, 0.6) is 0 Å². The van der Waals surface area contributed by atoms with Crippen molar-refractivity contribution in [3.05, 3.63) is 48.3 Å². The molecule has 0 aliphatic carbocycles. The normalized spacial score (nSPS) is 11.6. The lowest BCUT2D eigenvalue weighted by atomic mass is 10.1. The van der Waals surface area contributed by atoms with Gasteiger partial charge in [0.15, 0.2) is 0 Å². The van der Waals surface area contributed by atoms with Crippen LogP contribution in [0.2, 0.25) is 0 Å². The molecule has 0 saturated heterocycles. The lowest BCUT2D eigenvalue weighted by Gasteiger charge is -2.15. The van der Waals surface area contributed by atoms with Crippen LogP contribution in [0.1, 0.15) is 24.4 Å². The average molecular weight is 250 g/mol. The Labute approximate surface area is 105 Å². The highest BCUT2D eigenvalue weighted by molar-refractivity contribution is 5.87. The van der Waals surface area contributed by atoms with E-state index < -0.39 is 17.8 Å². The minimum atomic E-state index is -0.942. The maximum atomic E-state index is 12.8. The Hall–Kier alpha value is -2.17. The van der Waals surface area contributed by atoms with Gasteiger partial charge in [-0.1, -0.05) is 18.2 Å². The number of nitrogens with one attached hydrogen (secondary N) is 1. The van der Waals surface area contributed by atoms with Crippen molar-refractivity contribution in [1.82, 2.24) is 5.32 Å². The first-order valence-electron chi connectivity index (χ1n) is 5.49. The van der Waals surface area contributed by atoms with Gasteiger partial charge < -0.3 is 11.1 Å². The Balaban J connectivity index is 2.77. The Morgan fingerprint density at radius 3 is 2.50 bits per heavy atom. The maximum Gasteiger partial charge on any atom is 0.244 e. The topological polar surface area (TPSA) is 72.2 Å². The van der Waals surface area contributed by atoms with E-state index in [0.717, 1.165) is 0 Å². The summed E-state index contributed by atoms with van der Waals surface area (Å²) in [4.78, 5) is 22.8. The molecule has 2 amide bonds. The minimum absolute atomic E-state index is 0.231. The van der Waals surface area contributed by atoms with E-state index in [0.29, 0.717) is 12.0 Å². The van der Waals surface area contributed by atoms with Crippen LogP contribution in [0.25, 0.3) is 0 Å². The second kappa shape index (κ2) is 6.54. The molecule has 1 aromatic carbocycles. The van der Waals surface area contributed by atoms with Gasteiger partial charge in [0.25, 0.3) is 0 Å². The fourth-order valence-corrected chi connectivity index (χ4v) is 1.44. The third-order valence-electron chi connectivity index (χ3n) is 2.37. The lowest BCUT2D eigenvalue weighted by molar-refractivity contribution is -0.127. The van der Waals surface area contributed by atoms with Crippen molar-refractivity contribution in [2.45, 2.75) is 18.9 Å². The standard InChI is InChI=1S/C13H15FN2O2/c1-2-3-4-11(17)16-12(13(15)18)9-5-7-10(14)8-6-9/h2,5-8,12H,1,3-4H2,(H2,15,18)(H,16,17)/t12-/m1/s1. The number of rotatable bonds is 6. The second-order valence-electron chi connectivity index (χ2n) is 3.78. The highest BCUT2D eigenvalue weighted by atomic mass is 19.1. The molecule has 0 bridgehead atoms. The van der Waals surface area contributed by atoms with Gasteiger partial charge in [-0.2, -0.15) is 0 Å². The summed E-state index contributed by atoms with van der Waals surface area (Å²) >= 11 is 0. The molecule has 1 rings (SSSR count). The smallest absolute Gasteiger partial charge is 0.244 e. The second-order valence-corrected chi connectivity index (χ2v) is 3.78. The van der Waals surface area contributed by atoms with Crippen molar-refractivity contribution in [3.8, 4) is 0 Å². The van der Waals surface area contributed by atoms with Gasteiger partial charge in [-0.3, -0.25) is 9.59 Å². The summed E-state index contributed by atoms with van der Waals surface area (Å²) in [6.07, 6.45) is 2.35. The molecule has 5 heteroatoms. The van der Waals surface area contributed by atoms with Crippen LogP contribution in [0.3, 0.4) is 0 Å². The number of carbonyl (C=O) groups excluding carboxylic acids is 2. The van der Waals surface area contributed by atoms with E-state index in [1.807, 2.05) is 0 Å². The zero-order chi connectivity index (χ0) is 13.5. The molecule has 0 unspecified atom stereocenters. The summed E-state index contributed by atoms with van der Waals surface area (Å²) in [5, 5.41) is 2.50. The van der Waals surface area contributed by atoms with Crippen molar-refractivity contribution in [2.75, 3.05) is 0 Å². The number of nitrogens with two attached hydrogens (primary N) is 1. The van der Waals surface area contributed by atoms with Gasteiger partial charge >= 0.3 is 0 Å². The first kappa shape index (κ1) is 13.9. The summed E-state index contributed by atoms with van der Waals surface area (Å²) in [7, 11) is 0. The zero-order valence-corrected chi connectivity index (χ0v) is 9.86. The number of primary amides is 1. The third kappa shape index (κ3) is 4.01. The first-order valence-corrected chi connectivity index (χ1v) is 5.49. The van der Waals surface area contributed by atoms with Crippen molar-refractivity contribution < 1.29 is 14.0 Å². The molecule has 18 heavy (non-hydrogen) atoms. The summed E-state index contributed by atoms with van der Waals surface area (Å²) in [6.45, 7) is 3.50. The van der Waals surface area contributed by atoms with Gasteiger partial charge in [0.1, 0.15) is 11.9 Å². The molecule has 0 aliphatic rings. The molecule has 0 radical (unpaired) electrons. The van der Waals surface area contributed by atoms with E-state index in [-0.39, 0.29) is 12.3 Å². The zero-order valence-electron chi connectivity index (χ0n) is 9.86. The van der Waals surface area contributed by atoms with E-state index >= 15 is 0 Å². The molecule has 0 heterocycles. The van der Waals surface area contributed by atoms with Gasteiger partial charge in [-0.15, -0.1) is 6.58 Å². The van der Waals surface area contributed by atoms with E-state index in [2.05, 4.69) is 11.9 Å². The number of allylic oxidation sites excluding steroid dienone is 1. The van der Waals surface area contributed by atoms with Crippen molar-refractivity contribution in [2.24, 2.45) is 5.73 Å². The molecule has 0 saturated carbocycles. The van der Waals surface area contributed by atoms with Gasteiger partial charge in [0.2, 0.25) is 11.8 Å². The van der Waals surface area contributed by atoms with Crippen molar-refractivity contribution in [3.63, 3.8) is 0 Å². The fourth-order valence-electron chi connectivity index (χ4n) is 1.44. The number of benzene rings is 1. The summed E-state index contributed by atoms with van der Waals surface area (Å²) in [6, 6.07) is 4.31. The molecule has 4 nitrogen and oxygen atoms in total. The quantitative estimate of drug-likeness (QED) is 0.750.